The van der Waals surface area contributed by atoms with E-state index in [9.17, 15) is 0 Å². The van der Waals surface area contributed by atoms with Crippen molar-refractivity contribution < 1.29 is 0 Å². The zero-order chi connectivity index (χ0) is 12.1. The first-order valence-electron chi connectivity index (χ1n) is 6.47. The molecule has 1 aliphatic rings. The van der Waals surface area contributed by atoms with Crippen LogP contribution in [0.25, 0.3) is 0 Å². The molecule has 0 heterocycles. The van der Waals surface area contributed by atoms with Crippen LogP contribution in [0, 0.1) is 23.7 Å². The van der Waals surface area contributed by atoms with E-state index in [0.717, 1.165) is 18.3 Å². The van der Waals surface area contributed by atoms with E-state index in [2.05, 4.69) is 39.5 Å². The normalized spacial score (nSPS) is 13.5. The molecule has 0 aromatic carbocycles. The van der Waals surface area contributed by atoms with Gasteiger partial charge in [-0.05, 0) is 18.8 Å². The van der Waals surface area contributed by atoms with Crippen molar-refractivity contribution in [1.82, 2.24) is 0 Å². The maximum Gasteiger partial charge on any atom is 0.00601 e. The highest BCUT2D eigenvalue weighted by molar-refractivity contribution is 4.92. The van der Waals surface area contributed by atoms with E-state index in [0.29, 0.717) is 0 Å². The first-order chi connectivity index (χ1) is 7.08. The van der Waals surface area contributed by atoms with Crippen molar-refractivity contribution in [2.45, 2.75) is 73.6 Å². The Bertz CT molecular complexity index is 149. The summed E-state index contributed by atoms with van der Waals surface area (Å²) in [5, 5.41) is 0. The molecule has 15 heavy (non-hydrogen) atoms. The summed E-state index contributed by atoms with van der Waals surface area (Å²) in [6, 6.07) is 0. The zero-order valence-electron chi connectivity index (χ0n) is 11.7. The van der Waals surface area contributed by atoms with Crippen LogP contribution >= 0.6 is 0 Å². The fourth-order valence-corrected chi connectivity index (χ4v) is 0.789. The van der Waals surface area contributed by atoms with E-state index in [4.69, 9.17) is 0 Å². The van der Waals surface area contributed by atoms with Crippen LogP contribution in [0.1, 0.15) is 73.6 Å². The Hall–Kier alpha value is -0.440. The van der Waals surface area contributed by atoms with Gasteiger partial charge in [0.05, 0.1) is 0 Å². The van der Waals surface area contributed by atoms with Crippen LogP contribution in [0.15, 0.2) is 0 Å². The summed E-state index contributed by atoms with van der Waals surface area (Å²) < 4.78 is 0. The lowest BCUT2D eigenvalue weighted by atomic mass is 9.88. The van der Waals surface area contributed by atoms with E-state index < -0.39 is 0 Å². The Kier molecular flexibility index (Phi) is 15.3. The molecule has 0 amide bonds. The molecule has 0 aliphatic heterocycles. The quantitative estimate of drug-likeness (QED) is 0.517. The molecular formula is C15H30. The zero-order valence-corrected chi connectivity index (χ0v) is 11.7. The molecule has 90 valence electrons. The molecule has 1 fully saturated rings. The van der Waals surface area contributed by atoms with Crippen molar-refractivity contribution in [3.63, 3.8) is 0 Å². The van der Waals surface area contributed by atoms with Gasteiger partial charge in [-0.15, -0.1) is 11.8 Å². The van der Waals surface area contributed by atoms with Crippen LogP contribution in [0.3, 0.4) is 0 Å². The third-order valence-electron chi connectivity index (χ3n) is 2.56. The van der Waals surface area contributed by atoms with Crippen LogP contribution in [-0.4, -0.2) is 0 Å². The van der Waals surface area contributed by atoms with Crippen molar-refractivity contribution >= 4 is 0 Å². The lowest BCUT2D eigenvalue weighted by Crippen LogP contribution is -2.04. The van der Waals surface area contributed by atoms with Crippen molar-refractivity contribution in [2.75, 3.05) is 0 Å². The number of rotatable bonds is 1. The van der Waals surface area contributed by atoms with Gasteiger partial charge in [0.1, 0.15) is 0 Å². The minimum atomic E-state index is 0.884. The van der Waals surface area contributed by atoms with Gasteiger partial charge in [0.15, 0.2) is 0 Å². The van der Waals surface area contributed by atoms with Crippen molar-refractivity contribution in [3.05, 3.63) is 0 Å². The van der Waals surface area contributed by atoms with Crippen LogP contribution in [0.5, 0.6) is 0 Å². The fraction of sp³-hybridized carbons (Fsp3) is 0.867. The smallest absolute Gasteiger partial charge is 0.00601 e. The maximum atomic E-state index is 2.86. The highest BCUT2D eigenvalue weighted by Crippen LogP contribution is 2.24. The van der Waals surface area contributed by atoms with Crippen LogP contribution in [-0.2, 0) is 0 Å². The van der Waals surface area contributed by atoms with Gasteiger partial charge in [-0.25, -0.2) is 0 Å². The van der Waals surface area contributed by atoms with Crippen LogP contribution in [0.2, 0.25) is 0 Å². The molecule has 0 radical (unpaired) electrons. The predicted octanol–water partition coefficient (Wildman–Crippen LogP) is 5.28. The average Bonchev–Trinajstić information content (AvgIpc) is 2.18. The molecule has 0 unspecified atom stereocenters. The summed E-state index contributed by atoms with van der Waals surface area (Å²) in [6.45, 7) is 12.8. The monoisotopic (exact) mass is 210 g/mol. The Morgan fingerprint density at radius 2 is 1.60 bits per heavy atom. The molecule has 0 spiro atoms. The molecule has 0 aromatic rings. The summed E-state index contributed by atoms with van der Waals surface area (Å²) in [7, 11) is 0. The van der Waals surface area contributed by atoms with Crippen molar-refractivity contribution in [2.24, 2.45) is 11.8 Å². The highest BCUT2D eigenvalue weighted by atomic mass is 14.1. The van der Waals surface area contributed by atoms with Crippen LogP contribution < -0.4 is 0 Å². The number of hydrogen-bond acceptors (Lipinski definition) is 0. The van der Waals surface area contributed by atoms with Gasteiger partial charge in [-0.1, -0.05) is 60.3 Å². The molecule has 0 N–H and O–H groups in total. The first-order valence-corrected chi connectivity index (χ1v) is 6.47. The van der Waals surface area contributed by atoms with E-state index in [1.807, 2.05) is 13.8 Å². The van der Waals surface area contributed by atoms with Gasteiger partial charge in [-0.2, -0.15) is 0 Å². The molecule has 1 rings (SSSR count). The van der Waals surface area contributed by atoms with Gasteiger partial charge in [0.2, 0.25) is 0 Å². The van der Waals surface area contributed by atoms with E-state index in [-0.39, 0.29) is 0 Å². The lowest BCUT2D eigenvalue weighted by molar-refractivity contribution is 0.346. The molecule has 0 heteroatoms. The Labute approximate surface area is 97.9 Å². The maximum absolute atomic E-state index is 2.86. The highest BCUT2D eigenvalue weighted by Gasteiger charge is 2.09. The lowest BCUT2D eigenvalue weighted by Gasteiger charge is -2.18. The third kappa shape index (κ3) is 19.8. The summed E-state index contributed by atoms with van der Waals surface area (Å²) in [4.78, 5) is 0. The van der Waals surface area contributed by atoms with Gasteiger partial charge < -0.3 is 0 Å². The molecule has 0 saturated heterocycles. The minimum absolute atomic E-state index is 0.884. The second-order valence-corrected chi connectivity index (χ2v) is 4.62. The van der Waals surface area contributed by atoms with Gasteiger partial charge >= 0.3 is 0 Å². The Balaban J connectivity index is 0. The largest absolute Gasteiger partial charge is 0.107 e. The second kappa shape index (κ2) is 13.6. The summed E-state index contributed by atoms with van der Waals surface area (Å²) >= 11 is 0. The van der Waals surface area contributed by atoms with Crippen molar-refractivity contribution in [1.29, 1.82) is 0 Å². The van der Waals surface area contributed by atoms with Gasteiger partial charge in [-0.3, -0.25) is 0 Å². The minimum Gasteiger partial charge on any atom is -0.107 e. The Morgan fingerprint density at radius 3 is 1.60 bits per heavy atom. The SMILES string of the molecule is CC#CCC.CC1CCC1.CCC(C)C. The molecule has 0 atom stereocenters. The third-order valence-corrected chi connectivity index (χ3v) is 2.56. The van der Waals surface area contributed by atoms with Gasteiger partial charge in [0, 0.05) is 6.42 Å². The van der Waals surface area contributed by atoms with Crippen LogP contribution in [0.4, 0.5) is 0 Å². The molecule has 1 saturated carbocycles. The number of hydrogen-bond donors (Lipinski definition) is 0. The fourth-order valence-electron chi connectivity index (χ4n) is 0.789. The summed E-state index contributed by atoms with van der Waals surface area (Å²) in [6.07, 6.45) is 6.75. The average molecular weight is 210 g/mol. The van der Waals surface area contributed by atoms with E-state index in [1.165, 1.54) is 25.7 Å². The molecular weight excluding hydrogens is 180 g/mol. The van der Waals surface area contributed by atoms with E-state index in [1.54, 1.807) is 0 Å². The summed E-state index contributed by atoms with van der Waals surface area (Å²) in [5.74, 6) is 7.58. The van der Waals surface area contributed by atoms with Crippen molar-refractivity contribution in [3.8, 4) is 11.8 Å². The predicted molar refractivity (Wildman–Crippen MR) is 71.9 cm³/mol. The molecule has 0 aromatic heterocycles. The molecule has 0 nitrogen and oxygen atoms in total. The Morgan fingerprint density at radius 1 is 1.20 bits per heavy atom. The summed E-state index contributed by atoms with van der Waals surface area (Å²) in [5.41, 5.74) is 0. The van der Waals surface area contributed by atoms with E-state index >= 15 is 0 Å². The molecule has 1 aliphatic carbocycles. The standard InChI is InChI=1S/C5H10.C5H12.C5H8/c1-5-3-2-4-5;1-4-5(2)3;1-3-5-4-2/h5H,2-4H2,1H3;5H,4H2,1-3H3;3H2,1-2H3. The topological polar surface area (TPSA) is 0 Å². The second-order valence-electron chi connectivity index (χ2n) is 4.62. The molecule has 0 bridgehead atoms. The van der Waals surface area contributed by atoms with Gasteiger partial charge in [0.25, 0.3) is 0 Å². The first kappa shape index (κ1) is 17.0.